The Morgan fingerprint density at radius 1 is 1.27 bits per heavy atom. The fraction of sp³-hybridized carbons (Fsp3) is 0.632. The fourth-order valence-electron chi connectivity index (χ4n) is 3.52. The molecule has 0 spiro atoms. The van der Waals surface area contributed by atoms with Crippen molar-refractivity contribution in [2.45, 2.75) is 51.4 Å². The van der Waals surface area contributed by atoms with Gasteiger partial charge in [-0.1, -0.05) is 62.9 Å². The number of hydrogen-bond donors (Lipinski definition) is 2. The van der Waals surface area contributed by atoms with E-state index in [9.17, 15) is 9.90 Å². The number of amides is 1. The number of aliphatic hydroxyl groups excluding tert-OH is 1. The molecule has 2 atom stereocenters. The lowest BCUT2D eigenvalue weighted by atomic mass is 9.93. The highest BCUT2D eigenvalue weighted by Crippen LogP contribution is 2.30. The summed E-state index contributed by atoms with van der Waals surface area (Å²) in [5.74, 6) is 1.18. The number of benzene rings is 1. The van der Waals surface area contributed by atoms with E-state index in [4.69, 9.17) is 0 Å². The Morgan fingerprint density at radius 2 is 1.95 bits per heavy atom. The van der Waals surface area contributed by atoms with Gasteiger partial charge in [-0.3, -0.25) is 4.79 Å². The van der Waals surface area contributed by atoms with Crippen LogP contribution in [0, 0.1) is 11.8 Å². The molecule has 1 amide bonds. The average Bonchev–Trinajstić information content (AvgIpc) is 3.04. The molecule has 1 saturated carbocycles. The highest BCUT2D eigenvalue weighted by Gasteiger charge is 2.22. The number of rotatable bonds is 8. The molecule has 0 aliphatic heterocycles. The molecule has 3 heteroatoms. The average molecular weight is 303 g/mol. The maximum absolute atomic E-state index is 12.3. The third-order valence-corrected chi connectivity index (χ3v) is 4.88. The van der Waals surface area contributed by atoms with Gasteiger partial charge in [0.25, 0.3) is 0 Å². The lowest BCUT2D eigenvalue weighted by molar-refractivity contribution is -0.125. The van der Waals surface area contributed by atoms with E-state index in [2.05, 4.69) is 17.4 Å². The molecule has 2 N–H and O–H groups in total. The van der Waals surface area contributed by atoms with Crippen molar-refractivity contribution in [1.82, 2.24) is 5.32 Å². The topological polar surface area (TPSA) is 49.3 Å². The van der Waals surface area contributed by atoms with Crippen LogP contribution >= 0.6 is 0 Å². The Labute approximate surface area is 134 Å². The van der Waals surface area contributed by atoms with Crippen LogP contribution in [-0.2, 0) is 4.79 Å². The first-order valence-corrected chi connectivity index (χ1v) is 8.64. The van der Waals surface area contributed by atoms with E-state index >= 15 is 0 Å². The largest absolute Gasteiger partial charge is 0.396 e. The van der Waals surface area contributed by atoms with Crippen molar-refractivity contribution in [1.29, 1.82) is 0 Å². The van der Waals surface area contributed by atoms with Crippen LogP contribution in [0.5, 0.6) is 0 Å². The second-order valence-electron chi connectivity index (χ2n) is 6.65. The van der Waals surface area contributed by atoms with Gasteiger partial charge in [0.1, 0.15) is 0 Å². The van der Waals surface area contributed by atoms with Gasteiger partial charge in [-0.25, -0.2) is 0 Å². The molecular weight excluding hydrogens is 274 g/mol. The summed E-state index contributed by atoms with van der Waals surface area (Å²) in [5.41, 5.74) is 1.18. The number of aliphatic hydroxyl groups is 1. The third-order valence-electron chi connectivity index (χ3n) is 4.88. The van der Waals surface area contributed by atoms with Crippen LogP contribution in [0.3, 0.4) is 0 Å². The highest BCUT2D eigenvalue weighted by atomic mass is 16.3. The monoisotopic (exact) mass is 303 g/mol. The van der Waals surface area contributed by atoms with Crippen molar-refractivity contribution < 1.29 is 9.90 Å². The molecule has 0 bridgehead atoms. The third kappa shape index (κ3) is 5.13. The first kappa shape index (κ1) is 17.0. The standard InChI is InChI=1S/C19H29NO2/c1-15(13-16-7-5-6-8-16)19(22)20-14-18(11-12-21)17-9-3-2-4-10-17/h2-4,9-10,15-16,18,21H,5-8,11-14H2,1H3,(H,20,22). The van der Waals surface area contributed by atoms with Gasteiger partial charge >= 0.3 is 0 Å². The molecule has 122 valence electrons. The molecule has 0 radical (unpaired) electrons. The highest BCUT2D eigenvalue weighted by molar-refractivity contribution is 5.78. The van der Waals surface area contributed by atoms with Gasteiger partial charge in [0.2, 0.25) is 5.91 Å². The maximum atomic E-state index is 12.3. The zero-order valence-electron chi connectivity index (χ0n) is 13.6. The summed E-state index contributed by atoms with van der Waals surface area (Å²) in [6.45, 7) is 2.79. The molecule has 0 saturated heterocycles. The summed E-state index contributed by atoms with van der Waals surface area (Å²) in [6.07, 6.45) is 6.92. The van der Waals surface area contributed by atoms with Gasteiger partial charge in [-0.2, -0.15) is 0 Å². The number of nitrogens with one attached hydrogen (secondary N) is 1. The van der Waals surface area contributed by atoms with E-state index < -0.39 is 0 Å². The smallest absolute Gasteiger partial charge is 0.222 e. The Morgan fingerprint density at radius 3 is 2.59 bits per heavy atom. The summed E-state index contributed by atoms with van der Waals surface area (Å²) in [6, 6.07) is 10.1. The fourth-order valence-corrected chi connectivity index (χ4v) is 3.52. The summed E-state index contributed by atoms with van der Waals surface area (Å²) >= 11 is 0. The van der Waals surface area contributed by atoms with Crippen LogP contribution in [0.2, 0.25) is 0 Å². The molecule has 3 nitrogen and oxygen atoms in total. The summed E-state index contributed by atoms with van der Waals surface area (Å²) in [7, 11) is 0. The van der Waals surface area contributed by atoms with Crippen molar-refractivity contribution in [3.8, 4) is 0 Å². The van der Waals surface area contributed by atoms with Gasteiger partial charge in [0.15, 0.2) is 0 Å². The molecule has 0 aromatic heterocycles. The molecule has 0 heterocycles. The molecule has 1 aromatic carbocycles. The molecule has 1 aliphatic carbocycles. The minimum atomic E-state index is 0.0913. The van der Waals surface area contributed by atoms with Crippen molar-refractivity contribution in [3.05, 3.63) is 35.9 Å². The Balaban J connectivity index is 1.81. The second-order valence-corrected chi connectivity index (χ2v) is 6.65. The summed E-state index contributed by atoms with van der Waals surface area (Å²) in [4.78, 5) is 12.3. The van der Waals surface area contributed by atoms with E-state index in [1.807, 2.05) is 25.1 Å². The SMILES string of the molecule is CC(CC1CCCC1)C(=O)NCC(CCO)c1ccccc1. The predicted octanol–water partition coefficient (Wildman–Crippen LogP) is 3.49. The summed E-state index contributed by atoms with van der Waals surface area (Å²) in [5, 5.41) is 12.3. The minimum absolute atomic E-state index is 0.0913. The van der Waals surface area contributed by atoms with Crippen LogP contribution in [-0.4, -0.2) is 24.2 Å². The Kier molecular flexibility index (Phi) is 6.91. The van der Waals surface area contributed by atoms with Crippen LogP contribution in [0.15, 0.2) is 30.3 Å². The Hall–Kier alpha value is -1.35. The minimum Gasteiger partial charge on any atom is -0.396 e. The van der Waals surface area contributed by atoms with Crippen molar-refractivity contribution >= 4 is 5.91 Å². The van der Waals surface area contributed by atoms with Crippen molar-refractivity contribution in [2.75, 3.05) is 13.2 Å². The summed E-state index contributed by atoms with van der Waals surface area (Å²) < 4.78 is 0. The lowest BCUT2D eigenvalue weighted by Crippen LogP contribution is -2.33. The molecule has 1 aliphatic rings. The van der Waals surface area contributed by atoms with Crippen LogP contribution < -0.4 is 5.32 Å². The zero-order valence-corrected chi connectivity index (χ0v) is 13.6. The van der Waals surface area contributed by atoms with E-state index in [0.29, 0.717) is 13.0 Å². The van der Waals surface area contributed by atoms with Crippen LogP contribution in [0.4, 0.5) is 0 Å². The van der Waals surface area contributed by atoms with Gasteiger partial charge < -0.3 is 10.4 Å². The number of hydrogen-bond acceptors (Lipinski definition) is 2. The van der Waals surface area contributed by atoms with E-state index in [-0.39, 0.29) is 24.3 Å². The van der Waals surface area contributed by atoms with Gasteiger partial charge in [-0.05, 0) is 24.3 Å². The molecule has 2 rings (SSSR count). The second kappa shape index (κ2) is 8.94. The van der Waals surface area contributed by atoms with Gasteiger partial charge in [0, 0.05) is 25.0 Å². The van der Waals surface area contributed by atoms with Crippen molar-refractivity contribution in [2.24, 2.45) is 11.8 Å². The van der Waals surface area contributed by atoms with E-state index in [1.165, 1.54) is 31.2 Å². The normalized spacial score (nSPS) is 18.1. The number of carbonyl (C=O) groups is 1. The molecule has 1 fully saturated rings. The van der Waals surface area contributed by atoms with E-state index in [1.54, 1.807) is 0 Å². The maximum Gasteiger partial charge on any atom is 0.222 e. The van der Waals surface area contributed by atoms with E-state index in [0.717, 1.165) is 12.3 Å². The first-order valence-electron chi connectivity index (χ1n) is 8.64. The molecule has 2 unspecified atom stereocenters. The van der Waals surface area contributed by atoms with Crippen LogP contribution in [0.25, 0.3) is 0 Å². The van der Waals surface area contributed by atoms with Crippen LogP contribution in [0.1, 0.15) is 56.9 Å². The molecule has 22 heavy (non-hydrogen) atoms. The molecular formula is C19H29NO2. The molecule has 1 aromatic rings. The number of carbonyl (C=O) groups excluding carboxylic acids is 1. The van der Waals surface area contributed by atoms with Gasteiger partial charge in [-0.15, -0.1) is 0 Å². The lowest BCUT2D eigenvalue weighted by Gasteiger charge is -2.20. The Bertz CT molecular complexity index is 440. The first-order chi connectivity index (χ1) is 10.7. The zero-order chi connectivity index (χ0) is 15.8. The quantitative estimate of drug-likeness (QED) is 0.772. The van der Waals surface area contributed by atoms with Crippen molar-refractivity contribution in [3.63, 3.8) is 0 Å². The van der Waals surface area contributed by atoms with Gasteiger partial charge in [0.05, 0.1) is 0 Å². The predicted molar refractivity (Wildman–Crippen MR) is 89.6 cm³/mol.